The molecule has 6 nitrogen and oxygen atoms in total. The van der Waals surface area contributed by atoms with Crippen molar-refractivity contribution in [3.8, 4) is 10.6 Å². The van der Waals surface area contributed by atoms with Crippen LogP contribution in [-0.2, 0) is 6.18 Å². The fraction of sp³-hybridized carbons (Fsp3) is 0.0476. The summed E-state index contributed by atoms with van der Waals surface area (Å²) in [6.07, 6.45) is -0.308. The number of nitrogens with zero attached hydrogens (tertiary/aromatic N) is 2. The number of aromatic amines is 1. The number of H-pyrrole nitrogens is 1. The summed E-state index contributed by atoms with van der Waals surface area (Å²) in [4.78, 5) is 36.8. The molecule has 0 saturated carbocycles. The van der Waals surface area contributed by atoms with Gasteiger partial charge in [0.2, 0.25) is 0 Å². The minimum absolute atomic E-state index is 0.0272. The molecule has 1 aromatic carbocycles. The number of hydrogen-bond acceptors (Lipinski definition) is 5. The van der Waals surface area contributed by atoms with Crippen LogP contribution in [0.15, 0.2) is 66.6 Å². The number of amides is 1. The fourth-order valence-electron chi connectivity index (χ4n) is 2.89. The summed E-state index contributed by atoms with van der Waals surface area (Å²) >= 11 is 1.43. The molecular weight excluding hydrogens is 429 g/mol. The van der Waals surface area contributed by atoms with E-state index >= 15 is 0 Å². The minimum Gasteiger partial charge on any atom is -0.356 e. The first-order valence-corrected chi connectivity index (χ1v) is 9.76. The second kappa shape index (κ2) is 8.15. The fourth-order valence-corrected chi connectivity index (χ4v) is 3.49. The number of carbonyl (C=O) groups is 2. The third kappa shape index (κ3) is 4.38. The van der Waals surface area contributed by atoms with Gasteiger partial charge in [0.25, 0.3) is 5.91 Å². The average molecular weight is 442 g/mol. The summed E-state index contributed by atoms with van der Waals surface area (Å²) in [6.45, 7) is 0. The van der Waals surface area contributed by atoms with Crippen molar-refractivity contribution in [3.63, 3.8) is 0 Å². The van der Waals surface area contributed by atoms with Gasteiger partial charge in [-0.25, -0.2) is 0 Å². The smallest absolute Gasteiger partial charge is 0.356 e. The lowest BCUT2D eigenvalue weighted by atomic mass is 9.99. The Balaban J connectivity index is 1.50. The third-order valence-corrected chi connectivity index (χ3v) is 5.17. The molecule has 156 valence electrons. The second-order valence-electron chi connectivity index (χ2n) is 6.43. The van der Waals surface area contributed by atoms with Crippen LogP contribution in [0.3, 0.4) is 0 Å². The molecule has 0 aliphatic heterocycles. The highest BCUT2D eigenvalue weighted by Gasteiger charge is 2.35. The monoisotopic (exact) mass is 442 g/mol. The first kappa shape index (κ1) is 20.5. The van der Waals surface area contributed by atoms with Crippen LogP contribution in [0.2, 0.25) is 0 Å². The van der Waals surface area contributed by atoms with Crippen LogP contribution in [0, 0.1) is 0 Å². The Morgan fingerprint density at radius 2 is 1.87 bits per heavy atom. The van der Waals surface area contributed by atoms with E-state index in [1.807, 2.05) is 0 Å². The number of anilines is 1. The zero-order valence-corrected chi connectivity index (χ0v) is 16.4. The highest BCUT2D eigenvalue weighted by molar-refractivity contribution is 7.13. The number of alkyl halides is 3. The highest BCUT2D eigenvalue weighted by Crippen LogP contribution is 2.33. The van der Waals surface area contributed by atoms with E-state index in [1.54, 1.807) is 23.8 Å². The Labute approximate surface area is 177 Å². The van der Waals surface area contributed by atoms with E-state index in [4.69, 9.17) is 0 Å². The molecule has 0 aliphatic carbocycles. The maximum Gasteiger partial charge on any atom is 0.417 e. The van der Waals surface area contributed by atoms with E-state index in [2.05, 4.69) is 20.3 Å². The van der Waals surface area contributed by atoms with Crippen molar-refractivity contribution in [1.29, 1.82) is 0 Å². The lowest BCUT2D eigenvalue weighted by molar-refractivity contribution is -0.137. The number of pyridine rings is 1. The Hall–Kier alpha value is -3.79. The molecular formula is C21H13F3N4O2S. The SMILES string of the molecule is O=C(Nc1ccc(-c2cncs2)nc1)c1cc(C(=O)c2ccccc2C(F)(F)F)c[nH]1. The minimum atomic E-state index is -4.67. The molecule has 4 aromatic rings. The van der Waals surface area contributed by atoms with Gasteiger partial charge in [0.1, 0.15) is 5.69 Å². The normalized spacial score (nSPS) is 11.3. The number of halogens is 3. The van der Waals surface area contributed by atoms with Crippen molar-refractivity contribution in [2.24, 2.45) is 0 Å². The molecule has 0 fully saturated rings. The number of hydrogen-bond donors (Lipinski definition) is 2. The number of carbonyl (C=O) groups excluding carboxylic acids is 2. The molecule has 3 aromatic heterocycles. The highest BCUT2D eigenvalue weighted by atomic mass is 32.1. The predicted molar refractivity (Wildman–Crippen MR) is 109 cm³/mol. The van der Waals surface area contributed by atoms with Gasteiger partial charge >= 0.3 is 6.18 Å². The largest absolute Gasteiger partial charge is 0.417 e. The van der Waals surface area contributed by atoms with Crippen LogP contribution >= 0.6 is 11.3 Å². The van der Waals surface area contributed by atoms with Gasteiger partial charge in [-0.15, -0.1) is 11.3 Å². The molecule has 0 radical (unpaired) electrons. The van der Waals surface area contributed by atoms with Crippen molar-refractivity contribution < 1.29 is 22.8 Å². The summed E-state index contributed by atoms with van der Waals surface area (Å²) < 4.78 is 39.6. The molecule has 1 amide bonds. The number of nitrogens with one attached hydrogen (secondary N) is 2. The Morgan fingerprint density at radius 3 is 2.55 bits per heavy atom. The summed E-state index contributed by atoms with van der Waals surface area (Å²) in [5.74, 6) is -1.39. The van der Waals surface area contributed by atoms with Gasteiger partial charge in [-0.05, 0) is 24.3 Å². The van der Waals surface area contributed by atoms with Crippen LogP contribution in [0.4, 0.5) is 18.9 Å². The Morgan fingerprint density at radius 1 is 1.06 bits per heavy atom. The van der Waals surface area contributed by atoms with Crippen molar-refractivity contribution in [2.45, 2.75) is 6.18 Å². The first-order chi connectivity index (χ1) is 14.8. The lowest BCUT2D eigenvalue weighted by Crippen LogP contribution is -2.14. The van der Waals surface area contributed by atoms with Gasteiger partial charge in [0.15, 0.2) is 5.78 Å². The molecule has 0 atom stereocenters. The number of aromatic nitrogens is 3. The molecule has 0 spiro atoms. The van der Waals surface area contributed by atoms with E-state index in [0.717, 1.165) is 17.0 Å². The number of thiazole rings is 1. The quantitative estimate of drug-likeness (QED) is 0.424. The molecule has 0 bridgehead atoms. The number of benzene rings is 1. The van der Waals surface area contributed by atoms with Crippen LogP contribution in [-0.4, -0.2) is 26.6 Å². The Bertz CT molecular complexity index is 1230. The maximum absolute atomic E-state index is 13.2. The molecule has 10 heteroatoms. The Kier molecular flexibility index (Phi) is 5.38. The van der Waals surface area contributed by atoms with E-state index < -0.39 is 29.0 Å². The van der Waals surface area contributed by atoms with Crippen molar-refractivity contribution in [1.82, 2.24) is 15.0 Å². The van der Waals surface area contributed by atoms with Crippen molar-refractivity contribution in [2.75, 3.05) is 5.32 Å². The van der Waals surface area contributed by atoms with Crippen LogP contribution < -0.4 is 5.32 Å². The summed E-state index contributed by atoms with van der Waals surface area (Å²) in [5.41, 5.74) is 1.27. The van der Waals surface area contributed by atoms with E-state index in [9.17, 15) is 22.8 Å². The zero-order valence-electron chi connectivity index (χ0n) is 15.6. The molecule has 2 N–H and O–H groups in total. The number of ketones is 1. The predicted octanol–water partition coefficient (Wildman–Crippen LogP) is 5.04. The maximum atomic E-state index is 13.2. The second-order valence-corrected chi connectivity index (χ2v) is 7.31. The van der Waals surface area contributed by atoms with E-state index in [0.29, 0.717) is 11.4 Å². The molecule has 3 heterocycles. The molecule has 0 unspecified atom stereocenters. The molecule has 0 saturated heterocycles. The topological polar surface area (TPSA) is 87.7 Å². The standard InChI is InChI=1S/C21H13F3N4O2S/c22-21(23,24)15-4-2-1-3-14(15)19(29)12-7-17(26-8-12)20(30)28-13-5-6-16(27-9-13)18-10-25-11-31-18/h1-11,26H,(H,28,30). The molecule has 4 rings (SSSR count). The van der Waals surface area contributed by atoms with Crippen molar-refractivity contribution in [3.05, 3.63) is 88.9 Å². The summed E-state index contributed by atoms with van der Waals surface area (Å²) in [6, 6.07) is 9.11. The van der Waals surface area contributed by atoms with Crippen LogP contribution in [0.1, 0.15) is 32.0 Å². The van der Waals surface area contributed by atoms with Crippen molar-refractivity contribution >= 4 is 28.7 Å². The van der Waals surface area contributed by atoms with Gasteiger partial charge in [0.05, 0.1) is 33.5 Å². The lowest BCUT2D eigenvalue weighted by Gasteiger charge is -2.10. The third-order valence-electron chi connectivity index (χ3n) is 4.37. The van der Waals surface area contributed by atoms with E-state index in [1.165, 1.54) is 41.9 Å². The van der Waals surface area contributed by atoms with Gasteiger partial charge < -0.3 is 10.3 Å². The number of rotatable bonds is 5. The average Bonchev–Trinajstić information content (AvgIpc) is 3.46. The summed E-state index contributed by atoms with van der Waals surface area (Å²) in [7, 11) is 0. The van der Waals surface area contributed by atoms with Crippen LogP contribution in [0.5, 0.6) is 0 Å². The molecule has 31 heavy (non-hydrogen) atoms. The van der Waals surface area contributed by atoms with Gasteiger partial charge in [-0.1, -0.05) is 18.2 Å². The van der Waals surface area contributed by atoms with Gasteiger partial charge in [-0.2, -0.15) is 13.2 Å². The van der Waals surface area contributed by atoms with E-state index in [-0.39, 0.29) is 11.3 Å². The van der Waals surface area contributed by atoms with Gasteiger partial charge in [-0.3, -0.25) is 19.6 Å². The first-order valence-electron chi connectivity index (χ1n) is 8.88. The zero-order chi connectivity index (χ0) is 22.0. The summed E-state index contributed by atoms with van der Waals surface area (Å²) in [5, 5.41) is 2.62. The molecule has 0 aliphatic rings. The van der Waals surface area contributed by atoms with Crippen LogP contribution in [0.25, 0.3) is 10.6 Å². The van der Waals surface area contributed by atoms with Gasteiger partial charge in [0, 0.05) is 23.5 Å².